The second-order valence-corrected chi connectivity index (χ2v) is 8.24. The maximum atomic E-state index is 12.7. The molecule has 1 saturated carbocycles. The highest BCUT2D eigenvalue weighted by atomic mass is 19.0. The van der Waals surface area contributed by atoms with Crippen LogP contribution < -0.4 is 0 Å². The first-order valence-electron chi connectivity index (χ1n) is 8.82. The van der Waals surface area contributed by atoms with Crippen molar-refractivity contribution < 1.29 is 28.4 Å². The standard InChI is InChI=1S/C18H30O5.FH/c1-17(2,22-10-13-8-20-13)12-5-6-15(16(19)7-12)18(3,4)23-11-14-9-21-14;/h12-15H,5-11H2,1-4H3;1H. The topological polar surface area (TPSA) is 60.6 Å². The molecule has 0 bridgehead atoms. The summed E-state index contributed by atoms with van der Waals surface area (Å²) in [6.45, 7) is 11.1. The van der Waals surface area contributed by atoms with Gasteiger partial charge < -0.3 is 18.9 Å². The number of ketones is 1. The second-order valence-electron chi connectivity index (χ2n) is 8.24. The lowest BCUT2D eigenvalue weighted by molar-refractivity contribution is -0.148. The SMILES string of the molecule is CC(C)(OCC1CO1)C1CCC(C(C)(C)OCC2CO2)C(=O)C1.F. The average Bonchev–Trinajstić information content (AvgIpc) is 3.37. The molecule has 0 aromatic heterocycles. The first-order valence-corrected chi connectivity index (χ1v) is 8.82. The maximum absolute atomic E-state index is 12.7. The zero-order valence-electron chi connectivity index (χ0n) is 15.2. The van der Waals surface area contributed by atoms with Gasteiger partial charge in [0, 0.05) is 12.3 Å². The third-order valence-corrected chi connectivity index (χ3v) is 5.55. The van der Waals surface area contributed by atoms with Gasteiger partial charge in [-0.05, 0) is 46.5 Å². The fraction of sp³-hybridized carbons (Fsp3) is 0.944. The molecule has 140 valence electrons. The minimum absolute atomic E-state index is 0. The molecule has 2 saturated heterocycles. The summed E-state index contributed by atoms with van der Waals surface area (Å²) in [6, 6.07) is 0. The van der Waals surface area contributed by atoms with Crippen molar-refractivity contribution >= 4 is 5.78 Å². The van der Waals surface area contributed by atoms with E-state index in [2.05, 4.69) is 13.8 Å². The summed E-state index contributed by atoms with van der Waals surface area (Å²) in [5.41, 5.74) is -0.694. The number of hydrogen-bond acceptors (Lipinski definition) is 5. The Morgan fingerprint density at radius 2 is 1.46 bits per heavy atom. The van der Waals surface area contributed by atoms with Crippen molar-refractivity contribution in [1.82, 2.24) is 0 Å². The number of halogens is 1. The monoisotopic (exact) mass is 346 g/mol. The number of rotatable bonds is 8. The van der Waals surface area contributed by atoms with Crippen LogP contribution in [0.2, 0.25) is 0 Å². The van der Waals surface area contributed by atoms with Crippen LogP contribution in [0.4, 0.5) is 4.70 Å². The van der Waals surface area contributed by atoms with Gasteiger partial charge in [-0.25, -0.2) is 0 Å². The van der Waals surface area contributed by atoms with Gasteiger partial charge in [-0.2, -0.15) is 0 Å². The van der Waals surface area contributed by atoms with Crippen molar-refractivity contribution in [2.75, 3.05) is 26.4 Å². The molecule has 5 nitrogen and oxygen atoms in total. The van der Waals surface area contributed by atoms with Gasteiger partial charge in [0.1, 0.15) is 18.0 Å². The third-order valence-electron chi connectivity index (χ3n) is 5.55. The summed E-state index contributed by atoms with van der Waals surface area (Å²) in [4.78, 5) is 12.7. The first kappa shape index (κ1) is 19.8. The van der Waals surface area contributed by atoms with Gasteiger partial charge in [0.05, 0.1) is 37.6 Å². The number of hydrogen-bond donors (Lipinski definition) is 0. The van der Waals surface area contributed by atoms with Crippen LogP contribution in [0.1, 0.15) is 47.0 Å². The molecule has 0 aromatic carbocycles. The van der Waals surface area contributed by atoms with Crippen molar-refractivity contribution in [3.8, 4) is 0 Å². The molecule has 4 unspecified atom stereocenters. The largest absolute Gasteiger partial charge is 0.372 e. The number of epoxide rings is 2. The number of carbonyl (C=O) groups is 1. The van der Waals surface area contributed by atoms with E-state index in [-0.39, 0.29) is 34.3 Å². The molecule has 2 heterocycles. The Kier molecular flexibility index (Phi) is 6.06. The molecule has 3 fully saturated rings. The van der Waals surface area contributed by atoms with Crippen molar-refractivity contribution in [1.29, 1.82) is 0 Å². The molecule has 4 atom stereocenters. The lowest BCUT2D eigenvalue weighted by atomic mass is 9.69. The van der Waals surface area contributed by atoms with Gasteiger partial charge in [-0.1, -0.05) is 0 Å². The van der Waals surface area contributed by atoms with E-state index in [0.29, 0.717) is 25.4 Å². The Hall–Kier alpha value is -0.560. The number of carbonyl (C=O) groups excluding carboxylic acids is 1. The summed E-state index contributed by atoms with van der Waals surface area (Å²) >= 11 is 0. The molecule has 6 heteroatoms. The van der Waals surface area contributed by atoms with Crippen LogP contribution in [0.5, 0.6) is 0 Å². The molecular weight excluding hydrogens is 315 g/mol. The van der Waals surface area contributed by atoms with Crippen molar-refractivity contribution in [3.63, 3.8) is 0 Å². The lowest BCUT2D eigenvalue weighted by Crippen LogP contribution is -2.47. The van der Waals surface area contributed by atoms with E-state index in [9.17, 15) is 4.79 Å². The van der Waals surface area contributed by atoms with Crippen LogP contribution in [-0.4, -0.2) is 55.6 Å². The smallest absolute Gasteiger partial charge is 0.139 e. The fourth-order valence-corrected chi connectivity index (χ4v) is 3.51. The highest BCUT2D eigenvalue weighted by molar-refractivity contribution is 5.83. The molecule has 1 aliphatic carbocycles. The Labute approximate surface area is 143 Å². The predicted molar refractivity (Wildman–Crippen MR) is 87.9 cm³/mol. The molecule has 2 aliphatic heterocycles. The molecule has 24 heavy (non-hydrogen) atoms. The molecule has 0 amide bonds. The summed E-state index contributed by atoms with van der Waals surface area (Å²) in [6.07, 6.45) is 2.95. The highest BCUT2D eigenvalue weighted by Gasteiger charge is 2.45. The second kappa shape index (κ2) is 7.36. The number of ether oxygens (including phenoxy) is 4. The van der Waals surface area contributed by atoms with Gasteiger partial charge in [0.25, 0.3) is 0 Å². The van der Waals surface area contributed by atoms with Crippen LogP contribution in [0.25, 0.3) is 0 Å². The van der Waals surface area contributed by atoms with Crippen LogP contribution in [-0.2, 0) is 23.7 Å². The van der Waals surface area contributed by atoms with Crippen LogP contribution in [0.3, 0.4) is 0 Å². The van der Waals surface area contributed by atoms with Crippen LogP contribution in [0.15, 0.2) is 0 Å². The first-order chi connectivity index (χ1) is 10.8. The third kappa shape index (κ3) is 4.97. The minimum Gasteiger partial charge on any atom is -0.372 e. The van der Waals surface area contributed by atoms with Crippen molar-refractivity contribution in [2.45, 2.75) is 70.4 Å². The van der Waals surface area contributed by atoms with Crippen molar-refractivity contribution in [3.05, 3.63) is 0 Å². The molecule has 3 aliphatic rings. The molecule has 3 rings (SSSR count). The van der Waals surface area contributed by atoms with Gasteiger partial charge in [0.15, 0.2) is 0 Å². The zero-order valence-corrected chi connectivity index (χ0v) is 15.2. The van der Waals surface area contributed by atoms with Crippen molar-refractivity contribution in [2.24, 2.45) is 11.8 Å². The summed E-state index contributed by atoms with van der Waals surface area (Å²) in [5.74, 6) is 0.551. The Morgan fingerprint density at radius 3 is 1.92 bits per heavy atom. The molecular formula is C18H31FO5. The average molecular weight is 346 g/mol. The van der Waals surface area contributed by atoms with Crippen LogP contribution in [0, 0.1) is 11.8 Å². The van der Waals surface area contributed by atoms with Gasteiger partial charge >= 0.3 is 0 Å². The zero-order chi connectivity index (χ0) is 16.7. The predicted octanol–water partition coefficient (Wildman–Crippen LogP) is 2.51. The van der Waals surface area contributed by atoms with E-state index < -0.39 is 5.60 Å². The van der Waals surface area contributed by atoms with E-state index in [1.165, 1.54) is 0 Å². The lowest BCUT2D eigenvalue weighted by Gasteiger charge is -2.42. The van der Waals surface area contributed by atoms with Gasteiger partial charge in [-0.3, -0.25) is 9.50 Å². The van der Waals surface area contributed by atoms with E-state index >= 15 is 0 Å². The Morgan fingerprint density at radius 1 is 0.958 bits per heavy atom. The Bertz CT molecular complexity index is 443. The van der Waals surface area contributed by atoms with E-state index in [1.807, 2.05) is 13.8 Å². The van der Waals surface area contributed by atoms with E-state index in [0.717, 1.165) is 26.1 Å². The summed E-state index contributed by atoms with van der Waals surface area (Å²) in [5, 5.41) is 0. The van der Waals surface area contributed by atoms with Gasteiger partial charge in [0.2, 0.25) is 0 Å². The number of Topliss-reactive ketones (excluding diaryl/α,β-unsaturated/α-hetero) is 1. The molecule has 0 N–H and O–H groups in total. The van der Waals surface area contributed by atoms with E-state index in [4.69, 9.17) is 18.9 Å². The molecule has 0 radical (unpaired) electrons. The Balaban J connectivity index is 0.00000208. The summed E-state index contributed by atoms with van der Waals surface area (Å²) < 4.78 is 22.4. The van der Waals surface area contributed by atoms with Crippen LogP contribution >= 0.6 is 0 Å². The minimum atomic E-state index is -0.416. The summed E-state index contributed by atoms with van der Waals surface area (Å²) in [7, 11) is 0. The fourth-order valence-electron chi connectivity index (χ4n) is 3.51. The quantitative estimate of drug-likeness (QED) is 0.632. The molecule has 0 spiro atoms. The maximum Gasteiger partial charge on any atom is 0.139 e. The highest BCUT2D eigenvalue weighted by Crippen LogP contribution is 2.40. The van der Waals surface area contributed by atoms with Gasteiger partial charge in [-0.15, -0.1) is 0 Å². The molecule has 0 aromatic rings. The normalized spacial score (nSPS) is 33.1. The van der Waals surface area contributed by atoms with E-state index in [1.54, 1.807) is 0 Å².